The molecule has 0 aliphatic carbocycles. The van der Waals surface area contributed by atoms with Crippen molar-refractivity contribution in [1.29, 1.82) is 0 Å². The predicted molar refractivity (Wildman–Crippen MR) is 93.5 cm³/mol. The van der Waals surface area contributed by atoms with Gasteiger partial charge in [-0.2, -0.15) is 0 Å². The highest BCUT2D eigenvalue weighted by atomic mass is 19.2. The van der Waals surface area contributed by atoms with Gasteiger partial charge in [-0.15, -0.1) is 0 Å². The first-order valence-corrected chi connectivity index (χ1v) is 8.03. The van der Waals surface area contributed by atoms with Gasteiger partial charge in [-0.3, -0.25) is 9.20 Å². The smallest absolute Gasteiger partial charge is 0.345 e. The maximum atomic E-state index is 13.9. The van der Waals surface area contributed by atoms with Crippen LogP contribution in [0.5, 0.6) is 0 Å². The van der Waals surface area contributed by atoms with Crippen LogP contribution in [0.2, 0.25) is 0 Å². The number of benzene rings is 2. The summed E-state index contributed by atoms with van der Waals surface area (Å²) in [5, 5.41) is -0.0826. The van der Waals surface area contributed by atoms with Crippen LogP contribution in [0.1, 0.15) is 17.3 Å². The van der Waals surface area contributed by atoms with Gasteiger partial charge in [0.05, 0.1) is 28.5 Å². The van der Waals surface area contributed by atoms with Crippen molar-refractivity contribution < 1.29 is 18.3 Å². The monoisotopic (exact) mass is 356 g/mol. The molecule has 0 saturated heterocycles. The number of fused-ring (bicyclic) bond motifs is 5. The van der Waals surface area contributed by atoms with E-state index in [-0.39, 0.29) is 28.7 Å². The number of esters is 1. The summed E-state index contributed by atoms with van der Waals surface area (Å²) >= 11 is 0. The Balaban J connectivity index is 2.36. The van der Waals surface area contributed by atoms with Crippen molar-refractivity contribution >= 4 is 33.6 Å². The lowest BCUT2D eigenvalue weighted by atomic mass is 10.1. The number of rotatable bonds is 2. The molecule has 26 heavy (non-hydrogen) atoms. The van der Waals surface area contributed by atoms with Gasteiger partial charge in [0.1, 0.15) is 11.2 Å². The third kappa shape index (κ3) is 2.06. The van der Waals surface area contributed by atoms with Crippen LogP contribution < -0.4 is 5.43 Å². The molecule has 5 nitrogen and oxygen atoms in total. The Labute approximate surface area is 146 Å². The molecule has 2 heterocycles. The first kappa shape index (κ1) is 16.3. The van der Waals surface area contributed by atoms with Crippen molar-refractivity contribution in [2.75, 3.05) is 6.61 Å². The van der Waals surface area contributed by atoms with Crippen LogP contribution >= 0.6 is 0 Å². The van der Waals surface area contributed by atoms with Crippen molar-refractivity contribution in [3.63, 3.8) is 0 Å². The number of para-hydroxylation sites is 2. The molecule has 0 spiro atoms. The number of imidazole rings is 1. The summed E-state index contributed by atoms with van der Waals surface area (Å²) in [6, 6.07) is 8.99. The van der Waals surface area contributed by atoms with Gasteiger partial charge in [-0.05, 0) is 25.1 Å². The van der Waals surface area contributed by atoms with Crippen molar-refractivity contribution in [2.24, 2.45) is 7.05 Å². The summed E-state index contributed by atoms with van der Waals surface area (Å²) in [5.41, 5.74) is 0.954. The Morgan fingerprint density at radius 1 is 1.08 bits per heavy atom. The Morgan fingerprint density at radius 2 is 1.73 bits per heavy atom. The molecular weight excluding hydrogens is 342 g/mol. The van der Waals surface area contributed by atoms with Crippen LogP contribution in [-0.2, 0) is 11.8 Å². The summed E-state index contributed by atoms with van der Waals surface area (Å²) in [4.78, 5) is 25.4. The number of pyridine rings is 1. The Bertz CT molecular complexity index is 1270. The minimum atomic E-state index is -1.15. The number of nitrogens with zero attached hydrogens (tertiary/aromatic N) is 2. The van der Waals surface area contributed by atoms with E-state index in [1.807, 2.05) is 12.1 Å². The van der Waals surface area contributed by atoms with Gasteiger partial charge in [0, 0.05) is 13.1 Å². The highest BCUT2D eigenvalue weighted by Gasteiger charge is 2.25. The molecule has 2 aromatic carbocycles. The molecule has 0 unspecified atom stereocenters. The van der Waals surface area contributed by atoms with Gasteiger partial charge in [0.25, 0.3) is 0 Å². The Hall–Kier alpha value is -3.22. The second kappa shape index (κ2) is 5.66. The van der Waals surface area contributed by atoms with E-state index in [2.05, 4.69) is 0 Å². The number of halogens is 2. The summed E-state index contributed by atoms with van der Waals surface area (Å²) in [7, 11) is 1.70. The highest BCUT2D eigenvalue weighted by Crippen LogP contribution is 2.27. The van der Waals surface area contributed by atoms with Gasteiger partial charge in [-0.1, -0.05) is 12.1 Å². The Morgan fingerprint density at radius 3 is 2.42 bits per heavy atom. The zero-order valence-electron chi connectivity index (χ0n) is 14.0. The third-order valence-corrected chi connectivity index (χ3v) is 4.47. The molecule has 0 radical (unpaired) electrons. The average Bonchev–Trinajstić information content (AvgIpc) is 2.91. The normalized spacial score (nSPS) is 11.5. The second-order valence-electron chi connectivity index (χ2n) is 5.91. The fraction of sp³-hybridized carbons (Fsp3) is 0.158. The maximum absolute atomic E-state index is 13.9. The SMILES string of the molecule is CCOC(=O)c1c(=O)c2cc(F)c(F)cc2n2c3ccccc3n(C)c12. The highest BCUT2D eigenvalue weighted by molar-refractivity contribution is 6.04. The molecular formula is C19H14F2N2O3. The lowest BCUT2D eigenvalue weighted by Crippen LogP contribution is -2.21. The van der Waals surface area contributed by atoms with Gasteiger partial charge in [-0.25, -0.2) is 13.6 Å². The van der Waals surface area contributed by atoms with Crippen LogP contribution in [-0.4, -0.2) is 21.5 Å². The first-order chi connectivity index (χ1) is 12.5. The van der Waals surface area contributed by atoms with Gasteiger partial charge < -0.3 is 9.30 Å². The average molecular weight is 356 g/mol. The summed E-state index contributed by atoms with van der Waals surface area (Å²) < 4.78 is 36.0. The summed E-state index contributed by atoms with van der Waals surface area (Å²) in [5.74, 6) is -3.01. The van der Waals surface area contributed by atoms with Crippen molar-refractivity contribution in [3.8, 4) is 0 Å². The van der Waals surface area contributed by atoms with E-state index in [9.17, 15) is 18.4 Å². The van der Waals surface area contributed by atoms with E-state index in [0.29, 0.717) is 5.52 Å². The van der Waals surface area contributed by atoms with Crippen LogP contribution in [0.3, 0.4) is 0 Å². The summed E-state index contributed by atoms with van der Waals surface area (Å²) in [6.07, 6.45) is 0. The molecule has 0 aliphatic heterocycles. The van der Waals surface area contributed by atoms with Crippen molar-refractivity contribution in [1.82, 2.24) is 8.97 Å². The van der Waals surface area contributed by atoms with Crippen LogP contribution in [0, 0.1) is 11.6 Å². The fourth-order valence-electron chi connectivity index (χ4n) is 3.37. The van der Waals surface area contributed by atoms with E-state index >= 15 is 0 Å². The molecule has 0 bridgehead atoms. The topological polar surface area (TPSA) is 52.7 Å². The van der Waals surface area contributed by atoms with Crippen LogP contribution in [0.15, 0.2) is 41.2 Å². The largest absolute Gasteiger partial charge is 0.462 e. The number of hydrogen-bond donors (Lipinski definition) is 0. The molecule has 0 N–H and O–H groups in total. The number of carbonyl (C=O) groups excluding carboxylic acids is 1. The van der Waals surface area contributed by atoms with Crippen molar-refractivity contribution in [3.05, 3.63) is 63.8 Å². The molecule has 0 aliphatic rings. The molecule has 2 aromatic heterocycles. The molecule has 0 atom stereocenters. The number of ether oxygens (including phenoxy) is 1. The minimum Gasteiger partial charge on any atom is -0.462 e. The lowest BCUT2D eigenvalue weighted by Gasteiger charge is -2.10. The number of aromatic nitrogens is 2. The van der Waals surface area contributed by atoms with Gasteiger partial charge >= 0.3 is 5.97 Å². The standard InChI is InChI=1S/C19H14F2N2O3/c1-3-26-19(25)16-17(24)10-8-11(20)12(21)9-15(10)23-14-7-5-4-6-13(14)22(2)18(16)23/h4-9H,3H2,1-2H3. The third-order valence-electron chi connectivity index (χ3n) is 4.47. The summed E-state index contributed by atoms with van der Waals surface area (Å²) in [6.45, 7) is 1.72. The van der Waals surface area contributed by atoms with E-state index in [0.717, 1.165) is 17.6 Å². The van der Waals surface area contributed by atoms with Gasteiger partial charge in [0.15, 0.2) is 11.6 Å². The lowest BCUT2D eigenvalue weighted by molar-refractivity contribution is 0.0526. The number of aryl methyl sites for hydroxylation is 1. The predicted octanol–water partition coefficient (Wildman–Crippen LogP) is 3.40. The first-order valence-electron chi connectivity index (χ1n) is 8.03. The fourth-order valence-corrected chi connectivity index (χ4v) is 3.37. The quantitative estimate of drug-likeness (QED) is 0.517. The molecule has 7 heteroatoms. The molecule has 0 amide bonds. The van der Waals surface area contributed by atoms with Crippen LogP contribution in [0.25, 0.3) is 27.6 Å². The number of carbonyl (C=O) groups is 1. The van der Waals surface area contributed by atoms with Crippen molar-refractivity contribution in [2.45, 2.75) is 6.92 Å². The molecule has 4 rings (SSSR count). The molecule has 0 fully saturated rings. The van der Waals surface area contributed by atoms with E-state index < -0.39 is 23.0 Å². The van der Waals surface area contributed by atoms with E-state index in [1.54, 1.807) is 35.1 Å². The zero-order chi connectivity index (χ0) is 18.6. The molecule has 4 aromatic rings. The molecule has 132 valence electrons. The number of hydrogen-bond acceptors (Lipinski definition) is 3. The van der Waals surface area contributed by atoms with Crippen LogP contribution in [0.4, 0.5) is 8.78 Å². The molecule has 0 saturated carbocycles. The van der Waals surface area contributed by atoms with E-state index in [4.69, 9.17) is 4.74 Å². The maximum Gasteiger partial charge on any atom is 0.345 e. The van der Waals surface area contributed by atoms with E-state index in [1.165, 1.54) is 0 Å². The Kier molecular flexibility index (Phi) is 3.54. The second-order valence-corrected chi connectivity index (χ2v) is 5.91. The minimum absolute atomic E-state index is 0.0826. The zero-order valence-corrected chi connectivity index (χ0v) is 14.0. The van der Waals surface area contributed by atoms with Gasteiger partial charge in [0.2, 0.25) is 5.43 Å².